The van der Waals surface area contributed by atoms with E-state index in [0.717, 1.165) is 0 Å². The molecule has 10 N–H and O–H groups in total. The van der Waals surface area contributed by atoms with Crippen molar-refractivity contribution < 1.29 is 74.7 Å². The van der Waals surface area contributed by atoms with Crippen LogP contribution in [0.15, 0.2) is 0 Å². The smallest absolute Gasteiger partial charge is 0.187 e. The van der Waals surface area contributed by atoms with Gasteiger partial charge in [0.1, 0.15) is 73.2 Å². The zero-order valence-electron chi connectivity index (χ0n) is 19.0. The summed E-state index contributed by atoms with van der Waals surface area (Å²) in [6.45, 7) is -0.365. The quantitative estimate of drug-likeness (QED) is 0.144. The molecule has 15 heteroatoms. The number of rotatable bonds is 8. The molecular weight excluding hydrogens is 480 g/mol. The molecule has 0 aliphatic carbocycles. The Balaban J connectivity index is 1.86. The largest absolute Gasteiger partial charge is 0.394 e. The van der Waals surface area contributed by atoms with Gasteiger partial charge < -0.3 is 74.7 Å². The second kappa shape index (κ2) is 12.3. The van der Waals surface area contributed by atoms with E-state index in [1.54, 1.807) is 6.92 Å². The molecule has 3 heterocycles. The zero-order chi connectivity index (χ0) is 26.0. The fraction of sp³-hybridized carbons (Fsp3) is 1.00. The van der Waals surface area contributed by atoms with Gasteiger partial charge in [-0.15, -0.1) is 0 Å². The summed E-state index contributed by atoms with van der Waals surface area (Å²) in [7, 11) is 0. The molecule has 15 nitrogen and oxygen atoms in total. The van der Waals surface area contributed by atoms with Crippen LogP contribution >= 0.6 is 0 Å². The lowest BCUT2D eigenvalue weighted by Gasteiger charge is -2.49. The average Bonchev–Trinajstić information content (AvgIpc) is 2.86. The number of ether oxygens (including phenoxy) is 5. The van der Waals surface area contributed by atoms with Crippen LogP contribution < -0.4 is 0 Å². The van der Waals surface area contributed by atoms with Gasteiger partial charge in [0.25, 0.3) is 0 Å². The Morgan fingerprint density at radius 1 is 0.486 bits per heavy atom. The van der Waals surface area contributed by atoms with Crippen LogP contribution in [0.1, 0.15) is 13.3 Å². The van der Waals surface area contributed by atoms with E-state index in [1.807, 2.05) is 0 Å². The summed E-state index contributed by atoms with van der Waals surface area (Å²) >= 11 is 0. The van der Waals surface area contributed by atoms with E-state index < -0.39 is 112 Å². The second-order valence-corrected chi connectivity index (χ2v) is 8.89. The normalized spacial score (nSPS) is 51.3. The van der Waals surface area contributed by atoms with Crippen LogP contribution in [-0.2, 0) is 23.7 Å². The standard InChI is InChI=1S/C20H36O15/c1-2-6-17(34-19-15(29)13(27)10(24)7(3-21)32-19)18(12(26)9(5-23)31-6)35-20-16(30)14(28)11(25)8(4-22)33-20/h6-30H,2-5H2,1H3. The Labute approximate surface area is 200 Å². The number of aliphatic hydroxyl groups excluding tert-OH is 10. The number of aliphatic hydroxyl groups is 10. The summed E-state index contributed by atoms with van der Waals surface area (Å²) in [5.74, 6) is 0. The van der Waals surface area contributed by atoms with Crippen molar-refractivity contribution in [1.29, 1.82) is 0 Å². The number of hydrogen-bond donors (Lipinski definition) is 10. The first-order valence-electron chi connectivity index (χ1n) is 11.5. The summed E-state index contributed by atoms with van der Waals surface area (Å²) in [4.78, 5) is 0. The Morgan fingerprint density at radius 2 is 0.886 bits per heavy atom. The fourth-order valence-corrected chi connectivity index (χ4v) is 4.47. The first-order chi connectivity index (χ1) is 16.6. The van der Waals surface area contributed by atoms with Crippen molar-refractivity contribution >= 4 is 0 Å². The van der Waals surface area contributed by atoms with Gasteiger partial charge in [-0.05, 0) is 6.42 Å². The fourth-order valence-electron chi connectivity index (χ4n) is 4.47. The van der Waals surface area contributed by atoms with Gasteiger partial charge in [-0.25, -0.2) is 0 Å². The van der Waals surface area contributed by atoms with E-state index in [-0.39, 0.29) is 6.42 Å². The van der Waals surface area contributed by atoms with Gasteiger partial charge in [0.05, 0.1) is 25.9 Å². The van der Waals surface area contributed by atoms with Crippen LogP contribution in [0.4, 0.5) is 0 Å². The minimum absolute atomic E-state index is 0.236. The lowest BCUT2D eigenvalue weighted by Crippen LogP contribution is -2.66. The van der Waals surface area contributed by atoms with Crippen LogP contribution in [0.3, 0.4) is 0 Å². The highest BCUT2D eigenvalue weighted by Gasteiger charge is 2.53. The maximum absolute atomic E-state index is 10.8. The van der Waals surface area contributed by atoms with Gasteiger partial charge in [-0.1, -0.05) is 6.92 Å². The third-order valence-electron chi connectivity index (χ3n) is 6.62. The van der Waals surface area contributed by atoms with Crippen molar-refractivity contribution in [1.82, 2.24) is 0 Å². The van der Waals surface area contributed by atoms with E-state index in [1.165, 1.54) is 0 Å². The molecule has 0 aromatic carbocycles. The molecule has 0 aromatic heterocycles. The second-order valence-electron chi connectivity index (χ2n) is 8.89. The predicted octanol–water partition coefficient (Wildman–Crippen LogP) is -6.11. The summed E-state index contributed by atoms with van der Waals surface area (Å²) in [6, 6.07) is 0. The highest BCUT2D eigenvalue weighted by molar-refractivity contribution is 4.98. The molecule has 15 unspecified atom stereocenters. The third kappa shape index (κ3) is 5.79. The first kappa shape index (κ1) is 29.0. The molecule has 0 spiro atoms. The van der Waals surface area contributed by atoms with E-state index >= 15 is 0 Å². The molecule has 0 saturated carbocycles. The van der Waals surface area contributed by atoms with Gasteiger partial charge in [-0.3, -0.25) is 0 Å². The van der Waals surface area contributed by atoms with Crippen LogP contribution in [0, 0.1) is 0 Å². The molecule has 0 radical (unpaired) electrons. The van der Waals surface area contributed by atoms with Crippen molar-refractivity contribution in [3.8, 4) is 0 Å². The molecule has 3 saturated heterocycles. The van der Waals surface area contributed by atoms with Gasteiger partial charge in [0, 0.05) is 0 Å². The highest BCUT2D eigenvalue weighted by Crippen LogP contribution is 2.34. The van der Waals surface area contributed by atoms with Crippen LogP contribution in [0.5, 0.6) is 0 Å². The van der Waals surface area contributed by atoms with Gasteiger partial charge in [0.2, 0.25) is 0 Å². The number of hydrogen-bond acceptors (Lipinski definition) is 15. The molecular formula is C20H36O15. The van der Waals surface area contributed by atoms with Gasteiger partial charge in [-0.2, -0.15) is 0 Å². The van der Waals surface area contributed by atoms with Crippen molar-refractivity contribution in [2.45, 2.75) is 105 Å². The predicted molar refractivity (Wildman–Crippen MR) is 109 cm³/mol. The van der Waals surface area contributed by atoms with Crippen LogP contribution in [-0.4, -0.2) is 163 Å². The summed E-state index contributed by atoms with van der Waals surface area (Å²) < 4.78 is 28.0. The SMILES string of the molecule is CCC1OC(CO)C(O)C(OC2OC(CO)C(O)C(O)C2O)C1OC1OC(CO)C(O)C(O)C1O. The Kier molecular flexibility index (Phi) is 10.2. The highest BCUT2D eigenvalue weighted by atomic mass is 16.7. The molecule has 15 atom stereocenters. The molecule has 3 aliphatic heterocycles. The molecule has 35 heavy (non-hydrogen) atoms. The first-order valence-corrected chi connectivity index (χ1v) is 11.5. The average molecular weight is 516 g/mol. The van der Waals surface area contributed by atoms with E-state index in [4.69, 9.17) is 23.7 Å². The summed E-state index contributed by atoms with van der Waals surface area (Å²) in [5.41, 5.74) is 0. The van der Waals surface area contributed by atoms with Crippen molar-refractivity contribution in [3.05, 3.63) is 0 Å². The van der Waals surface area contributed by atoms with E-state index in [2.05, 4.69) is 0 Å². The van der Waals surface area contributed by atoms with Crippen molar-refractivity contribution in [2.24, 2.45) is 0 Å². The monoisotopic (exact) mass is 516 g/mol. The van der Waals surface area contributed by atoms with E-state index in [0.29, 0.717) is 0 Å². The molecule has 0 bridgehead atoms. The van der Waals surface area contributed by atoms with Crippen LogP contribution in [0.2, 0.25) is 0 Å². The van der Waals surface area contributed by atoms with Gasteiger partial charge in [0.15, 0.2) is 12.6 Å². The lowest BCUT2D eigenvalue weighted by molar-refractivity contribution is -0.371. The maximum Gasteiger partial charge on any atom is 0.187 e. The Hall–Kier alpha value is -0.600. The third-order valence-corrected chi connectivity index (χ3v) is 6.62. The molecule has 3 aliphatic rings. The van der Waals surface area contributed by atoms with Gasteiger partial charge >= 0.3 is 0 Å². The van der Waals surface area contributed by atoms with E-state index in [9.17, 15) is 51.1 Å². The minimum atomic E-state index is -1.80. The summed E-state index contributed by atoms with van der Waals surface area (Å²) in [6.07, 6.45) is -22.4. The molecule has 206 valence electrons. The maximum atomic E-state index is 10.8. The topological polar surface area (TPSA) is 248 Å². The molecule has 0 aromatic rings. The molecule has 3 rings (SSSR count). The Morgan fingerprint density at radius 3 is 1.29 bits per heavy atom. The minimum Gasteiger partial charge on any atom is -0.394 e. The molecule has 3 fully saturated rings. The van der Waals surface area contributed by atoms with Crippen molar-refractivity contribution in [3.63, 3.8) is 0 Å². The van der Waals surface area contributed by atoms with Crippen molar-refractivity contribution in [2.75, 3.05) is 19.8 Å². The lowest BCUT2D eigenvalue weighted by atomic mass is 9.92. The Bertz CT molecular complexity index is 652. The molecule has 0 amide bonds. The zero-order valence-corrected chi connectivity index (χ0v) is 19.0. The summed E-state index contributed by atoms with van der Waals surface area (Å²) in [5, 5.41) is 100. The van der Waals surface area contributed by atoms with Crippen LogP contribution in [0.25, 0.3) is 0 Å².